The van der Waals surface area contributed by atoms with Gasteiger partial charge in [0.2, 0.25) is 5.95 Å². The standard InChI is InChI=1S/C14H20N4S/c1-3-15-14-16-12(11-7-8-19-13(11)17-14)18(2)9-10-5-4-6-10/h7-8,10H,3-6,9H2,1-2H3,(H,15,16,17). The molecule has 0 radical (unpaired) electrons. The maximum Gasteiger partial charge on any atom is 0.226 e. The first-order valence-electron chi connectivity index (χ1n) is 6.98. The molecule has 2 aromatic rings. The predicted molar refractivity (Wildman–Crippen MR) is 82.2 cm³/mol. The summed E-state index contributed by atoms with van der Waals surface area (Å²) < 4.78 is 0. The van der Waals surface area contributed by atoms with E-state index in [1.807, 2.05) is 0 Å². The quantitative estimate of drug-likeness (QED) is 0.909. The fraction of sp³-hybridized carbons (Fsp3) is 0.571. The van der Waals surface area contributed by atoms with Gasteiger partial charge in [0.15, 0.2) is 0 Å². The molecular weight excluding hydrogens is 256 g/mol. The van der Waals surface area contributed by atoms with Crippen molar-refractivity contribution in [1.82, 2.24) is 9.97 Å². The topological polar surface area (TPSA) is 41.1 Å². The zero-order chi connectivity index (χ0) is 13.2. The second-order valence-electron chi connectivity index (χ2n) is 5.22. The molecule has 0 spiro atoms. The molecule has 0 aliphatic heterocycles. The van der Waals surface area contributed by atoms with Crippen LogP contribution in [-0.4, -0.2) is 30.1 Å². The zero-order valence-electron chi connectivity index (χ0n) is 11.5. The summed E-state index contributed by atoms with van der Waals surface area (Å²) in [4.78, 5) is 12.6. The lowest BCUT2D eigenvalue weighted by Gasteiger charge is -2.31. The monoisotopic (exact) mass is 276 g/mol. The average Bonchev–Trinajstić information content (AvgIpc) is 2.81. The van der Waals surface area contributed by atoms with Crippen LogP contribution in [0.2, 0.25) is 0 Å². The summed E-state index contributed by atoms with van der Waals surface area (Å²) >= 11 is 1.68. The van der Waals surface area contributed by atoms with Gasteiger partial charge in [-0.2, -0.15) is 4.98 Å². The fourth-order valence-electron chi connectivity index (χ4n) is 2.52. The number of rotatable bonds is 5. The van der Waals surface area contributed by atoms with Crippen LogP contribution in [0.3, 0.4) is 0 Å². The van der Waals surface area contributed by atoms with Crippen LogP contribution in [-0.2, 0) is 0 Å². The third-order valence-electron chi connectivity index (χ3n) is 3.76. The number of anilines is 2. The van der Waals surface area contributed by atoms with Crippen molar-refractivity contribution in [3.8, 4) is 0 Å². The van der Waals surface area contributed by atoms with Crippen LogP contribution in [0.25, 0.3) is 10.2 Å². The molecule has 0 atom stereocenters. The molecule has 0 amide bonds. The third-order valence-corrected chi connectivity index (χ3v) is 4.56. The van der Waals surface area contributed by atoms with Crippen molar-refractivity contribution in [2.75, 3.05) is 30.4 Å². The number of aromatic nitrogens is 2. The Labute approximate surface area is 117 Å². The number of nitrogens with one attached hydrogen (secondary N) is 1. The third kappa shape index (κ3) is 2.52. The van der Waals surface area contributed by atoms with Crippen molar-refractivity contribution in [1.29, 1.82) is 0 Å². The molecule has 2 aromatic heterocycles. The van der Waals surface area contributed by atoms with Gasteiger partial charge in [-0.25, -0.2) is 4.98 Å². The molecule has 1 saturated carbocycles. The molecule has 4 nitrogen and oxygen atoms in total. The van der Waals surface area contributed by atoms with Crippen molar-refractivity contribution in [3.63, 3.8) is 0 Å². The van der Waals surface area contributed by atoms with E-state index >= 15 is 0 Å². The lowest BCUT2D eigenvalue weighted by Crippen LogP contribution is -2.30. The Morgan fingerprint density at radius 2 is 2.26 bits per heavy atom. The number of thiophene rings is 1. The van der Waals surface area contributed by atoms with E-state index in [4.69, 9.17) is 0 Å². The highest BCUT2D eigenvalue weighted by molar-refractivity contribution is 7.16. The Morgan fingerprint density at radius 1 is 1.42 bits per heavy atom. The van der Waals surface area contributed by atoms with E-state index in [1.165, 1.54) is 24.6 Å². The van der Waals surface area contributed by atoms with Gasteiger partial charge >= 0.3 is 0 Å². The maximum atomic E-state index is 4.68. The van der Waals surface area contributed by atoms with Gasteiger partial charge in [-0.1, -0.05) is 6.42 Å². The summed E-state index contributed by atoms with van der Waals surface area (Å²) in [5, 5.41) is 6.49. The van der Waals surface area contributed by atoms with E-state index in [-0.39, 0.29) is 0 Å². The van der Waals surface area contributed by atoms with Crippen LogP contribution in [0.5, 0.6) is 0 Å². The van der Waals surface area contributed by atoms with Crippen molar-refractivity contribution in [3.05, 3.63) is 11.4 Å². The second kappa shape index (κ2) is 5.33. The first-order chi connectivity index (χ1) is 9.28. The van der Waals surface area contributed by atoms with E-state index < -0.39 is 0 Å². The van der Waals surface area contributed by atoms with Crippen LogP contribution >= 0.6 is 11.3 Å². The normalized spacial score (nSPS) is 15.5. The molecule has 1 aliphatic carbocycles. The van der Waals surface area contributed by atoms with Crippen LogP contribution in [0, 0.1) is 5.92 Å². The summed E-state index contributed by atoms with van der Waals surface area (Å²) in [6.45, 7) is 4.02. The van der Waals surface area contributed by atoms with Gasteiger partial charge in [-0.05, 0) is 37.1 Å². The number of fused-ring (bicyclic) bond motifs is 1. The molecule has 0 bridgehead atoms. The summed E-state index contributed by atoms with van der Waals surface area (Å²) in [6, 6.07) is 2.13. The maximum absolute atomic E-state index is 4.68. The van der Waals surface area contributed by atoms with Gasteiger partial charge in [0.25, 0.3) is 0 Å². The van der Waals surface area contributed by atoms with Gasteiger partial charge in [0, 0.05) is 20.1 Å². The van der Waals surface area contributed by atoms with Crippen molar-refractivity contribution >= 4 is 33.3 Å². The number of hydrogen-bond acceptors (Lipinski definition) is 5. The van der Waals surface area contributed by atoms with E-state index in [0.29, 0.717) is 0 Å². The lowest BCUT2D eigenvalue weighted by molar-refractivity contribution is 0.321. The summed E-state index contributed by atoms with van der Waals surface area (Å²) in [7, 11) is 2.15. The van der Waals surface area contributed by atoms with Crippen LogP contribution < -0.4 is 10.2 Å². The van der Waals surface area contributed by atoms with Crippen molar-refractivity contribution < 1.29 is 0 Å². The van der Waals surface area contributed by atoms with Gasteiger partial charge in [-0.3, -0.25) is 0 Å². The minimum Gasteiger partial charge on any atom is -0.359 e. The molecule has 5 heteroatoms. The van der Waals surface area contributed by atoms with Crippen molar-refractivity contribution in [2.24, 2.45) is 5.92 Å². The van der Waals surface area contributed by atoms with E-state index in [1.54, 1.807) is 11.3 Å². The largest absolute Gasteiger partial charge is 0.359 e. The first kappa shape index (κ1) is 12.7. The smallest absolute Gasteiger partial charge is 0.226 e. The fourth-order valence-corrected chi connectivity index (χ4v) is 3.28. The number of hydrogen-bond donors (Lipinski definition) is 1. The van der Waals surface area contributed by atoms with E-state index in [9.17, 15) is 0 Å². The first-order valence-corrected chi connectivity index (χ1v) is 7.86. The van der Waals surface area contributed by atoms with Crippen LogP contribution in [0.15, 0.2) is 11.4 Å². The molecule has 0 unspecified atom stereocenters. The molecule has 19 heavy (non-hydrogen) atoms. The predicted octanol–water partition coefficient (Wildman–Crippen LogP) is 3.36. The molecule has 1 fully saturated rings. The van der Waals surface area contributed by atoms with E-state index in [2.05, 4.69) is 45.6 Å². The Kier molecular flexibility index (Phi) is 3.55. The minimum atomic E-state index is 0.743. The van der Waals surface area contributed by atoms with Gasteiger partial charge in [-0.15, -0.1) is 11.3 Å². The molecule has 1 N–H and O–H groups in total. The van der Waals surface area contributed by atoms with Crippen molar-refractivity contribution in [2.45, 2.75) is 26.2 Å². The highest BCUT2D eigenvalue weighted by Crippen LogP contribution is 2.32. The lowest BCUT2D eigenvalue weighted by atomic mass is 9.85. The minimum absolute atomic E-state index is 0.743. The molecule has 0 aromatic carbocycles. The highest BCUT2D eigenvalue weighted by Gasteiger charge is 2.21. The molecule has 0 saturated heterocycles. The van der Waals surface area contributed by atoms with Gasteiger partial charge < -0.3 is 10.2 Å². The molecular formula is C14H20N4S. The molecule has 1 aliphatic rings. The van der Waals surface area contributed by atoms with Crippen LogP contribution in [0.4, 0.5) is 11.8 Å². The Hall–Kier alpha value is -1.36. The van der Waals surface area contributed by atoms with Gasteiger partial charge in [0.05, 0.1) is 5.39 Å². The second-order valence-corrected chi connectivity index (χ2v) is 6.11. The Bertz CT molecular complexity index is 562. The Balaban J connectivity index is 1.92. The molecule has 2 heterocycles. The Morgan fingerprint density at radius 3 is 2.95 bits per heavy atom. The van der Waals surface area contributed by atoms with Gasteiger partial charge in [0.1, 0.15) is 10.6 Å². The number of nitrogens with zero attached hydrogens (tertiary/aromatic N) is 3. The summed E-state index contributed by atoms with van der Waals surface area (Å²) in [5.74, 6) is 2.65. The molecule has 3 rings (SSSR count). The summed E-state index contributed by atoms with van der Waals surface area (Å²) in [6.07, 6.45) is 4.11. The molecule has 102 valence electrons. The van der Waals surface area contributed by atoms with E-state index in [0.717, 1.165) is 35.6 Å². The average molecular weight is 276 g/mol. The van der Waals surface area contributed by atoms with Crippen LogP contribution in [0.1, 0.15) is 26.2 Å². The highest BCUT2D eigenvalue weighted by atomic mass is 32.1. The zero-order valence-corrected chi connectivity index (χ0v) is 12.3. The SMILES string of the molecule is CCNc1nc(N(C)CC2CCC2)c2ccsc2n1. The summed E-state index contributed by atoms with van der Waals surface area (Å²) in [5.41, 5.74) is 0.